The van der Waals surface area contributed by atoms with E-state index in [4.69, 9.17) is 13.3 Å². The van der Waals surface area contributed by atoms with E-state index in [1.807, 2.05) is 0 Å². The minimum Gasteiger partial charge on any atom is -0.447 e. The number of hydrogen-bond donors (Lipinski definition) is 0. The van der Waals surface area contributed by atoms with Crippen LogP contribution in [0.15, 0.2) is 0 Å². The molecule has 0 spiro atoms. The van der Waals surface area contributed by atoms with Gasteiger partial charge in [-0.1, -0.05) is 0 Å². The van der Waals surface area contributed by atoms with E-state index in [1.165, 1.54) is 6.66 Å². The SMILES string of the molecule is [B]OP(C)(=O)CC(C#N)OC(C)=O. The fourth-order valence-electron chi connectivity index (χ4n) is 0.649. The average molecular weight is 201 g/mol. The standard InChI is InChI=1S/C6H9BNO4P/c1-5(9)11-6(3-8)4-13(2,10)12-7/h6H,4H2,1-2H3. The second-order valence-corrected chi connectivity index (χ2v) is 5.13. The molecule has 2 unspecified atom stereocenters. The van der Waals surface area contributed by atoms with E-state index < -0.39 is 19.4 Å². The highest BCUT2D eigenvalue weighted by molar-refractivity contribution is 7.59. The molecule has 0 N–H and O–H groups in total. The first-order chi connectivity index (χ1) is 5.91. The number of ether oxygens (including phenoxy) is 1. The maximum atomic E-state index is 11.2. The predicted octanol–water partition coefficient (Wildman–Crippen LogP) is 0.450. The Balaban J connectivity index is 4.23. The van der Waals surface area contributed by atoms with E-state index in [-0.39, 0.29) is 6.16 Å². The van der Waals surface area contributed by atoms with Crippen LogP contribution < -0.4 is 0 Å². The van der Waals surface area contributed by atoms with Gasteiger partial charge in [0.15, 0.2) is 13.5 Å². The molecule has 2 atom stereocenters. The molecule has 0 rings (SSSR count). The number of nitriles is 1. The summed E-state index contributed by atoms with van der Waals surface area (Å²) in [6, 6.07) is 1.67. The summed E-state index contributed by atoms with van der Waals surface area (Å²) < 4.78 is 19.9. The molecule has 13 heavy (non-hydrogen) atoms. The van der Waals surface area contributed by atoms with Crippen LogP contribution in [0.5, 0.6) is 0 Å². The van der Waals surface area contributed by atoms with E-state index in [0.717, 1.165) is 6.92 Å². The molecule has 0 heterocycles. The molecule has 0 saturated heterocycles. The largest absolute Gasteiger partial charge is 0.447 e. The van der Waals surface area contributed by atoms with Gasteiger partial charge in [-0.25, -0.2) is 0 Å². The first-order valence-electron chi connectivity index (χ1n) is 3.43. The quantitative estimate of drug-likeness (QED) is 0.374. The van der Waals surface area contributed by atoms with Gasteiger partial charge in [-0.15, -0.1) is 0 Å². The molecule has 70 valence electrons. The van der Waals surface area contributed by atoms with Gasteiger partial charge in [-0.3, -0.25) is 9.36 Å². The third-order valence-corrected chi connectivity index (χ3v) is 2.61. The lowest BCUT2D eigenvalue weighted by Crippen LogP contribution is -2.18. The van der Waals surface area contributed by atoms with Crippen molar-refractivity contribution in [1.29, 1.82) is 5.26 Å². The Labute approximate surface area is 77.9 Å². The Morgan fingerprint density at radius 1 is 1.77 bits per heavy atom. The van der Waals surface area contributed by atoms with Gasteiger partial charge in [0.1, 0.15) is 6.07 Å². The van der Waals surface area contributed by atoms with Crippen molar-refractivity contribution in [3.05, 3.63) is 0 Å². The molecule has 0 aromatic heterocycles. The highest BCUT2D eigenvalue weighted by atomic mass is 31.2. The van der Waals surface area contributed by atoms with Crippen LogP contribution in [-0.2, 0) is 18.5 Å². The number of hydrogen-bond acceptors (Lipinski definition) is 5. The van der Waals surface area contributed by atoms with Gasteiger partial charge in [-0.05, 0) is 0 Å². The Kier molecular flexibility index (Phi) is 4.75. The molecule has 0 aliphatic heterocycles. The molecule has 0 aromatic carbocycles. The molecule has 0 amide bonds. The summed E-state index contributed by atoms with van der Waals surface area (Å²) >= 11 is 0. The van der Waals surface area contributed by atoms with Crippen LogP contribution >= 0.6 is 7.37 Å². The summed E-state index contributed by atoms with van der Waals surface area (Å²) in [4.78, 5) is 10.5. The summed E-state index contributed by atoms with van der Waals surface area (Å²) in [6.07, 6.45) is -1.27. The zero-order valence-electron chi connectivity index (χ0n) is 7.39. The zero-order chi connectivity index (χ0) is 10.5. The maximum Gasteiger partial charge on any atom is 0.303 e. The van der Waals surface area contributed by atoms with E-state index in [0.29, 0.717) is 0 Å². The molecule has 0 aliphatic rings. The van der Waals surface area contributed by atoms with Gasteiger partial charge in [0.05, 0.1) is 6.16 Å². The van der Waals surface area contributed by atoms with Gasteiger partial charge in [-0.2, -0.15) is 5.26 Å². The molecule has 0 bridgehead atoms. The van der Waals surface area contributed by atoms with E-state index in [2.05, 4.69) is 9.18 Å². The van der Waals surface area contributed by atoms with Gasteiger partial charge < -0.3 is 9.18 Å². The lowest BCUT2D eigenvalue weighted by atomic mass is 10.4. The molecule has 5 nitrogen and oxygen atoms in total. The van der Waals surface area contributed by atoms with E-state index >= 15 is 0 Å². The predicted molar refractivity (Wildman–Crippen MR) is 46.4 cm³/mol. The van der Waals surface area contributed by atoms with Crippen LogP contribution in [0, 0.1) is 11.3 Å². The van der Waals surface area contributed by atoms with Crippen LogP contribution in [-0.4, -0.2) is 32.9 Å². The normalized spacial score (nSPS) is 16.7. The number of rotatable bonds is 4. The average Bonchev–Trinajstić information content (AvgIpc) is 2.02. The van der Waals surface area contributed by atoms with Gasteiger partial charge in [0.25, 0.3) is 8.05 Å². The van der Waals surface area contributed by atoms with Crippen LogP contribution in [0.4, 0.5) is 0 Å². The highest BCUT2D eigenvalue weighted by Gasteiger charge is 2.22. The van der Waals surface area contributed by atoms with Crippen molar-refractivity contribution in [3.8, 4) is 6.07 Å². The molecular formula is C6H9BNO4P. The van der Waals surface area contributed by atoms with Crippen molar-refractivity contribution in [2.45, 2.75) is 13.0 Å². The third-order valence-electron chi connectivity index (χ3n) is 1.17. The van der Waals surface area contributed by atoms with Crippen molar-refractivity contribution in [2.24, 2.45) is 0 Å². The zero-order valence-corrected chi connectivity index (χ0v) is 8.28. The van der Waals surface area contributed by atoms with Gasteiger partial charge in [0.2, 0.25) is 0 Å². The van der Waals surface area contributed by atoms with Crippen LogP contribution in [0.25, 0.3) is 0 Å². The number of carbonyl (C=O) groups excluding carboxylic acids is 1. The van der Waals surface area contributed by atoms with Crippen LogP contribution in [0.3, 0.4) is 0 Å². The summed E-state index contributed by atoms with van der Waals surface area (Å²) in [5.74, 6) is -0.608. The summed E-state index contributed by atoms with van der Waals surface area (Å²) in [7, 11) is 1.70. The van der Waals surface area contributed by atoms with Crippen LogP contribution in [0.2, 0.25) is 0 Å². The second-order valence-electron chi connectivity index (χ2n) is 2.53. The number of carbonyl (C=O) groups is 1. The van der Waals surface area contributed by atoms with Crippen molar-refractivity contribution >= 4 is 21.4 Å². The van der Waals surface area contributed by atoms with Crippen molar-refractivity contribution in [3.63, 3.8) is 0 Å². The Morgan fingerprint density at radius 2 is 2.31 bits per heavy atom. The van der Waals surface area contributed by atoms with Gasteiger partial charge in [0, 0.05) is 13.6 Å². The summed E-state index contributed by atoms with van der Waals surface area (Å²) in [6.45, 7) is 2.43. The number of nitrogens with zero attached hydrogens (tertiary/aromatic N) is 1. The monoisotopic (exact) mass is 201 g/mol. The first kappa shape index (κ1) is 12.2. The summed E-state index contributed by atoms with van der Waals surface area (Å²) in [5, 5.41) is 8.49. The van der Waals surface area contributed by atoms with Crippen LogP contribution in [0.1, 0.15) is 6.92 Å². The Bertz CT molecular complexity index is 274. The van der Waals surface area contributed by atoms with Crippen molar-refractivity contribution < 1.29 is 18.5 Å². The second kappa shape index (κ2) is 5.06. The lowest BCUT2D eigenvalue weighted by Gasteiger charge is -2.14. The number of esters is 1. The topological polar surface area (TPSA) is 76.4 Å². The Morgan fingerprint density at radius 3 is 2.62 bits per heavy atom. The minimum atomic E-state index is -3.02. The smallest absolute Gasteiger partial charge is 0.303 e. The van der Waals surface area contributed by atoms with E-state index in [1.54, 1.807) is 6.07 Å². The first-order valence-corrected chi connectivity index (χ1v) is 5.69. The molecule has 0 saturated carbocycles. The fraction of sp³-hybridized carbons (Fsp3) is 0.667. The third kappa shape index (κ3) is 5.45. The Hall–Kier alpha value is -0.785. The highest BCUT2D eigenvalue weighted by Crippen LogP contribution is 2.41. The van der Waals surface area contributed by atoms with E-state index in [9.17, 15) is 9.36 Å². The maximum absolute atomic E-state index is 11.2. The molecule has 2 radical (unpaired) electrons. The molecular weight excluding hydrogens is 192 g/mol. The summed E-state index contributed by atoms with van der Waals surface area (Å²) in [5.41, 5.74) is 0. The van der Waals surface area contributed by atoms with Crippen molar-refractivity contribution in [1.82, 2.24) is 0 Å². The fourth-order valence-corrected chi connectivity index (χ4v) is 1.49. The van der Waals surface area contributed by atoms with Crippen molar-refractivity contribution in [2.75, 3.05) is 12.8 Å². The molecule has 0 aromatic rings. The minimum absolute atomic E-state index is 0.195. The molecule has 0 fully saturated rings. The van der Waals surface area contributed by atoms with Gasteiger partial charge >= 0.3 is 5.97 Å². The lowest BCUT2D eigenvalue weighted by molar-refractivity contribution is -0.142. The molecule has 7 heteroatoms. The molecule has 0 aliphatic carbocycles.